The molecule has 0 amide bonds. The fraction of sp³-hybridized carbons (Fsp3) is 0.577. The molecule has 2 N–H and O–H groups in total. The number of ether oxygens (including phenoxy) is 1. The van der Waals surface area contributed by atoms with E-state index in [2.05, 4.69) is 45.9 Å². The maximum absolute atomic E-state index is 5.54. The zero-order chi connectivity index (χ0) is 21.6. The number of rotatable bonds is 8. The van der Waals surface area contributed by atoms with Gasteiger partial charge in [-0.1, -0.05) is 30.3 Å². The summed E-state index contributed by atoms with van der Waals surface area (Å²) in [6.45, 7) is 4.44. The minimum atomic E-state index is 0. The van der Waals surface area contributed by atoms with Crippen LogP contribution in [-0.4, -0.2) is 55.3 Å². The van der Waals surface area contributed by atoms with Gasteiger partial charge >= 0.3 is 0 Å². The van der Waals surface area contributed by atoms with Gasteiger partial charge in [-0.25, -0.2) is 0 Å². The van der Waals surface area contributed by atoms with Crippen LogP contribution in [0.3, 0.4) is 0 Å². The standard InChI is InChI=1S/C26H36N4O2.HI/c1-2-5-20(6-3-1)18-30-23-8-9-24(30)16-22(15-23)29-26(28-17-21-11-14-31-19-21)27-12-10-25-7-4-13-32-25;/h1-7,13,21-24H,8-12,14-19H2,(H2,27,28,29);1H. The molecule has 3 fully saturated rings. The fourth-order valence-corrected chi connectivity index (χ4v) is 5.50. The molecule has 1 aromatic carbocycles. The molecule has 3 aliphatic rings. The second-order valence-corrected chi connectivity index (χ2v) is 9.53. The van der Waals surface area contributed by atoms with Crippen LogP contribution in [0.15, 0.2) is 58.1 Å². The van der Waals surface area contributed by atoms with Gasteiger partial charge in [0.2, 0.25) is 0 Å². The zero-order valence-electron chi connectivity index (χ0n) is 19.3. The zero-order valence-corrected chi connectivity index (χ0v) is 21.7. The quantitative estimate of drug-likeness (QED) is 0.286. The number of furan rings is 1. The third kappa shape index (κ3) is 6.73. The Morgan fingerprint density at radius 1 is 1.03 bits per heavy atom. The molecule has 7 heteroatoms. The Hall–Kier alpha value is -1.58. The van der Waals surface area contributed by atoms with Gasteiger partial charge in [0.05, 0.1) is 12.9 Å². The van der Waals surface area contributed by atoms with Crippen molar-refractivity contribution in [3.8, 4) is 0 Å². The number of aliphatic imine (C=N–C) groups is 1. The summed E-state index contributed by atoms with van der Waals surface area (Å²) in [4.78, 5) is 7.69. The van der Waals surface area contributed by atoms with E-state index in [1.54, 1.807) is 6.26 Å². The summed E-state index contributed by atoms with van der Waals surface area (Å²) in [7, 11) is 0. The lowest BCUT2D eigenvalue weighted by Gasteiger charge is -2.39. The highest BCUT2D eigenvalue weighted by Crippen LogP contribution is 2.36. The van der Waals surface area contributed by atoms with E-state index in [-0.39, 0.29) is 24.0 Å². The Kier molecular flexibility index (Phi) is 9.09. The van der Waals surface area contributed by atoms with Gasteiger partial charge in [0.1, 0.15) is 5.76 Å². The Morgan fingerprint density at radius 3 is 2.55 bits per heavy atom. The summed E-state index contributed by atoms with van der Waals surface area (Å²) in [5.41, 5.74) is 1.43. The number of nitrogens with one attached hydrogen (secondary N) is 2. The van der Waals surface area contributed by atoms with E-state index in [0.717, 1.165) is 57.4 Å². The fourth-order valence-electron chi connectivity index (χ4n) is 5.50. The Morgan fingerprint density at radius 2 is 1.85 bits per heavy atom. The Labute approximate surface area is 214 Å². The lowest BCUT2D eigenvalue weighted by atomic mass is 9.96. The van der Waals surface area contributed by atoms with Gasteiger partial charge < -0.3 is 19.8 Å². The van der Waals surface area contributed by atoms with E-state index in [1.165, 1.54) is 31.2 Å². The number of hydrogen-bond acceptors (Lipinski definition) is 4. The van der Waals surface area contributed by atoms with Crippen LogP contribution in [0.25, 0.3) is 0 Å². The molecule has 3 unspecified atom stereocenters. The molecule has 3 atom stereocenters. The van der Waals surface area contributed by atoms with Gasteiger partial charge in [-0.15, -0.1) is 24.0 Å². The van der Waals surface area contributed by atoms with E-state index in [9.17, 15) is 0 Å². The van der Waals surface area contributed by atoms with Crippen molar-refractivity contribution in [3.05, 3.63) is 60.1 Å². The molecule has 6 nitrogen and oxygen atoms in total. The Bertz CT molecular complexity index is 840. The maximum atomic E-state index is 5.54. The average Bonchev–Trinajstić information content (AvgIpc) is 3.56. The van der Waals surface area contributed by atoms with E-state index < -0.39 is 0 Å². The van der Waals surface area contributed by atoms with Gasteiger partial charge in [-0.05, 0) is 49.8 Å². The van der Waals surface area contributed by atoms with Crippen molar-refractivity contribution in [1.29, 1.82) is 0 Å². The molecular weight excluding hydrogens is 527 g/mol. The number of fused-ring (bicyclic) bond motifs is 2. The first-order valence-corrected chi connectivity index (χ1v) is 12.3. The molecule has 1 aromatic heterocycles. The molecule has 0 spiro atoms. The smallest absolute Gasteiger partial charge is 0.191 e. The Balaban J connectivity index is 0.00000259. The van der Waals surface area contributed by atoms with Crippen LogP contribution in [0, 0.1) is 5.92 Å². The summed E-state index contributed by atoms with van der Waals surface area (Å²) in [5, 5.41) is 7.34. The van der Waals surface area contributed by atoms with Crippen molar-refractivity contribution in [1.82, 2.24) is 15.5 Å². The highest BCUT2D eigenvalue weighted by Gasteiger charge is 2.40. The second-order valence-electron chi connectivity index (χ2n) is 9.53. The van der Waals surface area contributed by atoms with Crippen LogP contribution in [-0.2, 0) is 17.7 Å². The first-order chi connectivity index (χ1) is 15.8. The minimum absolute atomic E-state index is 0. The molecule has 180 valence electrons. The monoisotopic (exact) mass is 564 g/mol. The third-order valence-corrected chi connectivity index (χ3v) is 7.21. The summed E-state index contributed by atoms with van der Waals surface area (Å²) in [5.74, 6) is 2.50. The molecule has 5 rings (SSSR count). The number of hydrogen-bond donors (Lipinski definition) is 2. The first kappa shape index (κ1) is 24.5. The molecule has 0 radical (unpaired) electrons. The van der Waals surface area contributed by atoms with E-state index in [4.69, 9.17) is 14.1 Å². The average molecular weight is 565 g/mol. The first-order valence-electron chi connectivity index (χ1n) is 12.3. The van der Waals surface area contributed by atoms with Gasteiger partial charge in [-0.2, -0.15) is 0 Å². The molecular formula is C26H37IN4O2. The number of piperidine rings is 1. The summed E-state index contributed by atoms with van der Waals surface area (Å²) < 4.78 is 11.0. The van der Waals surface area contributed by atoms with Crippen LogP contribution in [0.2, 0.25) is 0 Å². The molecule has 33 heavy (non-hydrogen) atoms. The topological polar surface area (TPSA) is 62.0 Å². The molecule has 0 aliphatic carbocycles. The molecule has 3 aliphatic heterocycles. The summed E-state index contributed by atoms with van der Waals surface area (Å²) in [6, 6.07) is 16.7. The van der Waals surface area contributed by atoms with Crippen molar-refractivity contribution >= 4 is 29.9 Å². The van der Waals surface area contributed by atoms with Crippen LogP contribution < -0.4 is 10.6 Å². The van der Waals surface area contributed by atoms with Crippen LogP contribution >= 0.6 is 24.0 Å². The van der Waals surface area contributed by atoms with Crippen molar-refractivity contribution in [2.24, 2.45) is 10.9 Å². The van der Waals surface area contributed by atoms with Gasteiger partial charge in [0.25, 0.3) is 0 Å². The number of benzene rings is 1. The lowest BCUT2D eigenvalue weighted by molar-refractivity contribution is 0.114. The van der Waals surface area contributed by atoms with Crippen LogP contribution in [0.4, 0.5) is 0 Å². The molecule has 4 heterocycles. The number of guanidine groups is 1. The van der Waals surface area contributed by atoms with Crippen molar-refractivity contribution < 1.29 is 9.15 Å². The van der Waals surface area contributed by atoms with E-state index in [0.29, 0.717) is 24.0 Å². The lowest BCUT2D eigenvalue weighted by Crippen LogP contribution is -2.52. The maximum Gasteiger partial charge on any atom is 0.191 e. The predicted octanol–water partition coefficient (Wildman–Crippen LogP) is 4.21. The van der Waals surface area contributed by atoms with Crippen LogP contribution in [0.5, 0.6) is 0 Å². The summed E-state index contributed by atoms with van der Waals surface area (Å²) >= 11 is 0. The second kappa shape index (κ2) is 12.2. The van der Waals surface area contributed by atoms with Crippen LogP contribution in [0.1, 0.15) is 43.4 Å². The number of halogens is 1. The van der Waals surface area contributed by atoms with Crippen molar-refractivity contribution in [2.45, 2.75) is 63.2 Å². The molecule has 2 aromatic rings. The van der Waals surface area contributed by atoms with Crippen molar-refractivity contribution in [2.75, 3.05) is 26.3 Å². The van der Waals surface area contributed by atoms with Gasteiger partial charge in [0.15, 0.2) is 5.96 Å². The third-order valence-electron chi connectivity index (χ3n) is 7.21. The van der Waals surface area contributed by atoms with E-state index >= 15 is 0 Å². The summed E-state index contributed by atoms with van der Waals surface area (Å²) in [6.07, 6.45) is 8.72. The normalized spacial score (nSPS) is 27.3. The van der Waals surface area contributed by atoms with E-state index in [1.807, 2.05) is 12.1 Å². The van der Waals surface area contributed by atoms with Crippen molar-refractivity contribution in [3.63, 3.8) is 0 Å². The van der Waals surface area contributed by atoms with Gasteiger partial charge in [0, 0.05) is 56.7 Å². The van der Waals surface area contributed by atoms with Gasteiger partial charge in [-0.3, -0.25) is 9.89 Å². The minimum Gasteiger partial charge on any atom is -0.469 e. The largest absolute Gasteiger partial charge is 0.469 e. The highest BCUT2D eigenvalue weighted by atomic mass is 127. The molecule has 0 saturated carbocycles. The predicted molar refractivity (Wildman–Crippen MR) is 142 cm³/mol. The SMILES string of the molecule is I.c1ccc(CN2C3CCC2CC(NC(=NCC2CCOC2)NCCc2ccco2)C3)cc1. The highest BCUT2D eigenvalue weighted by molar-refractivity contribution is 14.0. The molecule has 2 bridgehead atoms. The number of nitrogens with zero attached hydrogens (tertiary/aromatic N) is 2. The molecule has 3 saturated heterocycles.